The van der Waals surface area contributed by atoms with Gasteiger partial charge >= 0.3 is 0 Å². The topological polar surface area (TPSA) is 105 Å². The predicted octanol–water partition coefficient (Wildman–Crippen LogP) is 7.65. The molecule has 0 radical (unpaired) electrons. The highest BCUT2D eigenvalue weighted by Crippen LogP contribution is 2.47. The van der Waals surface area contributed by atoms with Crippen molar-refractivity contribution in [3.8, 4) is 11.5 Å². The zero-order chi connectivity index (χ0) is 35.9. The Hall–Kier alpha value is -4.40. The summed E-state index contributed by atoms with van der Waals surface area (Å²) < 4.78 is 13.3. The number of aromatic nitrogens is 4. The van der Waals surface area contributed by atoms with Gasteiger partial charge < -0.3 is 20.5 Å². The molecule has 9 heteroatoms. The average Bonchev–Trinajstić information content (AvgIpc) is 3.60. The molecule has 0 spiro atoms. The first-order chi connectivity index (χ1) is 25.5. The number of rotatable bonds is 17. The van der Waals surface area contributed by atoms with E-state index < -0.39 is 0 Å². The van der Waals surface area contributed by atoms with E-state index in [9.17, 15) is 0 Å². The largest absolute Gasteiger partial charge is 0.493 e. The Balaban J connectivity index is 0.809. The third kappa shape index (κ3) is 8.62. The van der Waals surface area contributed by atoms with E-state index in [0.29, 0.717) is 16.9 Å². The molecule has 0 aliphatic heterocycles. The molecule has 3 aromatic carbocycles. The minimum atomic E-state index is 0.465. The van der Waals surface area contributed by atoms with Crippen LogP contribution >= 0.6 is 11.6 Å². The summed E-state index contributed by atoms with van der Waals surface area (Å²) in [6.07, 6.45) is 16.4. The summed E-state index contributed by atoms with van der Waals surface area (Å²) in [7, 11) is 3.41. The maximum absolute atomic E-state index is 6.75. The number of unbranched alkanes of at least 4 members (excludes halogenated alkanes) is 2. The molecule has 4 N–H and O–H groups in total. The molecule has 2 heterocycles. The lowest BCUT2D eigenvalue weighted by Gasteiger charge is -2.36. The number of quaternary nitrogens is 1. The number of ether oxygens (including phenoxy) is 2. The number of nitrogens with two attached hydrogens (primary N) is 2. The molecule has 0 fully saturated rings. The van der Waals surface area contributed by atoms with Crippen LogP contribution in [0.1, 0.15) is 84.5 Å². The minimum Gasteiger partial charge on any atom is -0.493 e. The second kappa shape index (κ2) is 17.0. The van der Waals surface area contributed by atoms with E-state index in [4.69, 9.17) is 31.8 Å². The van der Waals surface area contributed by atoms with Gasteiger partial charge in [-0.2, -0.15) is 0 Å². The molecule has 2 aliphatic rings. The number of nitrogen functional groups attached to an aromatic ring is 1. The van der Waals surface area contributed by atoms with E-state index in [2.05, 4.69) is 70.4 Å². The van der Waals surface area contributed by atoms with Gasteiger partial charge in [0, 0.05) is 46.5 Å². The maximum atomic E-state index is 6.75. The van der Waals surface area contributed by atoms with Gasteiger partial charge in [0.1, 0.15) is 0 Å². The number of methoxy groups -OCH3 is 2. The number of hydrogen-bond donors (Lipinski definition) is 2. The number of allylic oxidation sites excluding steroid dienone is 2. The predicted molar refractivity (Wildman–Crippen MR) is 209 cm³/mol. The van der Waals surface area contributed by atoms with Crippen LogP contribution < -0.4 is 20.5 Å². The highest BCUT2D eigenvalue weighted by molar-refractivity contribution is 6.31. The van der Waals surface area contributed by atoms with E-state index in [0.717, 1.165) is 118 Å². The Kier molecular flexibility index (Phi) is 11.7. The van der Waals surface area contributed by atoms with Crippen LogP contribution in [-0.2, 0) is 32.2 Å². The number of halogens is 1. The lowest BCUT2D eigenvalue weighted by Crippen LogP contribution is -2.84. The zero-order valence-electron chi connectivity index (χ0n) is 30.6. The van der Waals surface area contributed by atoms with Crippen molar-refractivity contribution in [3.63, 3.8) is 0 Å². The molecule has 8 nitrogen and oxygen atoms in total. The second-order valence-corrected chi connectivity index (χ2v) is 15.1. The summed E-state index contributed by atoms with van der Waals surface area (Å²) in [5.74, 6) is 2.60. The number of benzene rings is 3. The number of hydrogen-bond acceptors (Lipinski definition) is 6. The molecule has 2 aliphatic carbocycles. The molecule has 0 amide bonds. The molecule has 0 saturated heterocycles. The fourth-order valence-corrected chi connectivity index (χ4v) is 8.50. The van der Waals surface area contributed by atoms with E-state index >= 15 is 0 Å². The minimum absolute atomic E-state index is 0.465. The van der Waals surface area contributed by atoms with E-state index in [1.165, 1.54) is 34.4 Å². The molecule has 0 saturated carbocycles. The van der Waals surface area contributed by atoms with Crippen molar-refractivity contribution in [3.05, 3.63) is 117 Å². The van der Waals surface area contributed by atoms with E-state index in [1.807, 2.05) is 22.9 Å². The summed E-state index contributed by atoms with van der Waals surface area (Å²) in [6, 6.07) is 20.8. The monoisotopic (exact) mass is 719 g/mol. The molecular weight excluding hydrogens is 668 g/mol. The Morgan fingerprint density at radius 3 is 2.52 bits per heavy atom. The van der Waals surface area contributed by atoms with Gasteiger partial charge in [-0.15, -0.1) is 5.10 Å². The van der Waals surface area contributed by atoms with Crippen LogP contribution in [0.5, 0.6) is 11.5 Å². The van der Waals surface area contributed by atoms with E-state index in [-0.39, 0.29) is 0 Å². The van der Waals surface area contributed by atoms with Gasteiger partial charge in [0.05, 0.1) is 38.5 Å². The smallest absolute Gasteiger partial charge is 0.161 e. The normalized spacial score (nSPS) is 16.5. The summed E-state index contributed by atoms with van der Waals surface area (Å²) in [5, 5.41) is 13.1. The lowest BCUT2D eigenvalue weighted by atomic mass is 9.70. The quantitative estimate of drug-likeness (QED) is 0.0756. The Morgan fingerprint density at radius 1 is 0.885 bits per heavy atom. The highest BCUT2D eigenvalue weighted by atomic mass is 35.5. The van der Waals surface area contributed by atoms with Crippen LogP contribution in [0.25, 0.3) is 10.9 Å². The number of pyridine rings is 1. The highest BCUT2D eigenvalue weighted by Gasteiger charge is 2.33. The number of fused-ring (bicyclic) bond motifs is 5. The average molecular weight is 720 g/mol. The first kappa shape index (κ1) is 36.0. The third-order valence-corrected chi connectivity index (χ3v) is 11.1. The van der Waals surface area contributed by atoms with Crippen molar-refractivity contribution in [1.82, 2.24) is 20.0 Å². The summed E-state index contributed by atoms with van der Waals surface area (Å²) >= 11 is 6.25. The SMILES string of the molecule is COc1cc(CC[NH2+]CCCCc2cn(CCCCC3=CC4Cc5nc6cc(Cl)ccc6c(N)c5C(C3)C4)nn2)c(Cc2ccccc2)cc1OC. The van der Waals surface area contributed by atoms with Crippen molar-refractivity contribution < 1.29 is 14.8 Å². The maximum Gasteiger partial charge on any atom is 0.161 e. The van der Waals surface area contributed by atoms with Crippen LogP contribution in [0, 0.1) is 5.92 Å². The molecule has 7 rings (SSSR count). The van der Waals surface area contributed by atoms with Crippen LogP contribution in [0.4, 0.5) is 5.69 Å². The van der Waals surface area contributed by atoms with Crippen LogP contribution in [-0.4, -0.2) is 47.3 Å². The van der Waals surface area contributed by atoms with Crippen molar-refractivity contribution in [2.75, 3.05) is 33.0 Å². The van der Waals surface area contributed by atoms with Crippen molar-refractivity contribution in [2.24, 2.45) is 5.92 Å². The first-order valence-corrected chi connectivity index (χ1v) is 19.4. The number of nitrogens with zero attached hydrogens (tertiary/aromatic N) is 4. The molecule has 2 aromatic heterocycles. The molecule has 2 bridgehead atoms. The van der Waals surface area contributed by atoms with Gasteiger partial charge in [0.2, 0.25) is 0 Å². The summed E-state index contributed by atoms with van der Waals surface area (Å²) in [6.45, 7) is 3.06. The van der Waals surface area contributed by atoms with Crippen molar-refractivity contribution in [1.29, 1.82) is 0 Å². The standard InChI is InChI=1S/C43H51ClN6O2/c1-51-40-25-32(33(26-41(40)52-2)21-29-10-4-3-5-11-29)16-18-46-17-8-6-13-36-28-50(49-48-36)19-9-7-12-30-20-31-23-34(22-30)42-39(24-31)47-38-27-35(44)14-15-37(38)43(42)45/h3-5,10-11,14-15,20,25-28,31,34,46H,6-9,12-13,16-19,21-24H2,1-2H3,(H2,45,47)/p+1. The second-order valence-electron chi connectivity index (χ2n) is 14.6. The third-order valence-electron chi connectivity index (χ3n) is 10.9. The van der Waals surface area contributed by atoms with Gasteiger partial charge in [-0.3, -0.25) is 9.67 Å². The number of anilines is 1. The Labute approximate surface area is 312 Å². The van der Waals surface area contributed by atoms with Gasteiger partial charge in [0.15, 0.2) is 11.5 Å². The fourth-order valence-electron chi connectivity index (χ4n) is 8.33. The van der Waals surface area contributed by atoms with Crippen LogP contribution in [0.3, 0.4) is 0 Å². The fraction of sp³-hybridized carbons (Fsp3) is 0.419. The molecule has 5 aromatic rings. The van der Waals surface area contributed by atoms with Crippen LogP contribution in [0.2, 0.25) is 5.02 Å². The molecule has 2 unspecified atom stereocenters. The molecule has 272 valence electrons. The van der Waals surface area contributed by atoms with Crippen molar-refractivity contribution in [2.45, 2.75) is 83.1 Å². The summed E-state index contributed by atoms with van der Waals surface area (Å²) in [5.41, 5.74) is 17.6. The Morgan fingerprint density at radius 2 is 1.69 bits per heavy atom. The zero-order valence-corrected chi connectivity index (χ0v) is 31.4. The van der Waals surface area contributed by atoms with Crippen LogP contribution in [0.15, 0.2) is 78.5 Å². The van der Waals surface area contributed by atoms with Gasteiger partial charge in [0.25, 0.3) is 0 Å². The van der Waals surface area contributed by atoms with E-state index in [1.54, 1.807) is 19.8 Å². The molecular formula is C43H52ClN6O2+. The molecule has 2 atom stereocenters. The van der Waals surface area contributed by atoms with Gasteiger partial charge in [-0.05, 0) is 123 Å². The van der Waals surface area contributed by atoms with Crippen molar-refractivity contribution >= 4 is 28.2 Å². The summed E-state index contributed by atoms with van der Waals surface area (Å²) in [4.78, 5) is 5.01. The lowest BCUT2D eigenvalue weighted by molar-refractivity contribution is -0.654. The first-order valence-electron chi connectivity index (χ1n) is 19.0. The van der Waals surface area contributed by atoms with Gasteiger partial charge in [-0.1, -0.05) is 58.8 Å². The number of aryl methyl sites for hydroxylation is 2. The molecule has 52 heavy (non-hydrogen) atoms. The Bertz CT molecular complexity index is 2010. The van der Waals surface area contributed by atoms with Gasteiger partial charge in [-0.25, -0.2) is 0 Å².